The highest BCUT2D eigenvalue weighted by molar-refractivity contribution is 6.12. The van der Waals surface area contributed by atoms with Gasteiger partial charge in [-0.2, -0.15) is 0 Å². The summed E-state index contributed by atoms with van der Waals surface area (Å²) in [6, 6.07) is 16.9. The molecule has 1 spiro atoms. The largest absolute Gasteiger partial charge is 0.317 e. The summed E-state index contributed by atoms with van der Waals surface area (Å²) >= 11 is 0. The average molecular weight is 344 g/mol. The lowest BCUT2D eigenvalue weighted by Gasteiger charge is -2.39. The lowest BCUT2D eigenvalue weighted by atomic mass is 9.70. The fourth-order valence-corrected chi connectivity index (χ4v) is 5.05. The molecule has 0 bridgehead atoms. The van der Waals surface area contributed by atoms with Crippen molar-refractivity contribution >= 4 is 17.7 Å². The number of carbonyl (C=O) groups is 1. The first-order valence-electron chi connectivity index (χ1n) is 9.72. The second kappa shape index (κ2) is 6.10. The van der Waals surface area contributed by atoms with Crippen molar-refractivity contribution in [3.8, 4) is 0 Å². The highest BCUT2D eigenvalue weighted by Gasteiger charge is 2.46. The highest BCUT2D eigenvalue weighted by atomic mass is 16.2. The molecule has 2 aliphatic heterocycles. The van der Waals surface area contributed by atoms with E-state index in [-0.39, 0.29) is 11.3 Å². The minimum absolute atomic E-state index is 0.120. The predicted octanol–water partition coefficient (Wildman–Crippen LogP) is 3.68. The van der Waals surface area contributed by atoms with Gasteiger partial charge in [-0.3, -0.25) is 4.79 Å². The summed E-state index contributed by atoms with van der Waals surface area (Å²) in [4.78, 5) is 15.8. The molecule has 1 fully saturated rings. The fraction of sp³-hybridized carbons (Fsp3) is 0.348. The molecule has 2 aromatic carbocycles. The van der Waals surface area contributed by atoms with Crippen LogP contribution in [-0.4, -0.2) is 25.5 Å². The van der Waals surface area contributed by atoms with Crippen molar-refractivity contribution in [1.82, 2.24) is 5.32 Å². The molecule has 3 aliphatic rings. The van der Waals surface area contributed by atoms with E-state index < -0.39 is 0 Å². The minimum Gasteiger partial charge on any atom is -0.317 e. The second-order valence-corrected chi connectivity index (χ2v) is 7.67. The summed E-state index contributed by atoms with van der Waals surface area (Å²) in [5, 5.41) is 3.47. The molecule has 1 aliphatic carbocycles. The Hall–Kier alpha value is -2.39. The van der Waals surface area contributed by atoms with Crippen LogP contribution in [0.25, 0.3) is 6.08 Å². The number of carbonyl (C=O) groups excluding carboxylic acids is 1. The Bertz CT molecular complexity index is 893. The first kappa shape index (κ1) is 15.8. The van der Waals surface area contributed by atoms with Gasteiger partial charge in [0.05, 0.1) is 0 Å². The second-order valence-electron chi connectivity index (χ2n) is 7.67. The number of para-hydroxylation sites is 1. The topological polar surface area (TPSA) is 32.3 Å². The lowest BCUT2D eigenvalue weighted by Crippen LogP contribution is -2.46. The number of anilines is 1. The predicted molar refractivity (Wildman–Crippen MR) is 105 cm³/mol. The summed E-state index contributed by atoms with van der Waals surface area (Å²) in [5.74, 6) is 0.204. The van der Waals surface area contributed by atoms with Gasteiger partial charge in [0.1, 0.15) is 0 Å². The van der Waals surface area contributed by atoms with Gasteiger partial charge in [0.25, 0.3) is 5.91 Å². The first-order chi connectivity index (χ1) is 12.8. The maximum atomic E-state index is 13.7. The minimum atomic E-state index is -0.120. The van der Waals surface area contributed by atoms with Crippen LogP contribution in [0.2, 0.25) is 0 Å². The van der Waals surface area contributed by atoms with Crippen LogP contribution in [0.5, 0.6) is 0 Å². The lowest BCUT2D eigenvalue weighted by molar-refractivity contribution is -0.115. The zero-order valence-corrected chi connectivity index (χ0v) is 15.0. The van der Waals surface area contributed by atoms with Crippen LogP contribution in [-0.2, 0) is 16.6 Å². The summed E-state index contributed by atoms with van der Waals surface area (Å²) in [6.45, 7) is 2.75. The number of nitrogens with zero attached hydrogens (tertiary/aromatic N) is 1. The normalized spacial score (nSPS) is 20.5. The van der Waals surface area contributed by atoms with Crippen LogP contribution in [0.15, 0.2) is 54.1 Å². The molecule has 0 saturated carbocycles. The zero-order valence-electron chi connectivity index (χ0n) is 15.0. The van der Waals surface area contributed by atoms with Gasteiger partial charge in [0.15, 0.2) is 0 Å². The van der Waals surface area contributed by atoms with Gasteiger partial charge in [0.2, 0.25) is 0 Å². The van der Waals surface area contributed by atoms with Crippen LogP contribution < -0.4 is 10.2 Å². The summed E-state index contributed by atoms with van der Waals surface area (Å²) < 4.78 is 0. The third-order valence-corrected chi connectivity index (χ3v) is 6.33. The molecule has 5 rings (SSSR count). The molecule has 2 aromatic rings. The Morgan fingerprint density at radius 3 is 2.65 bits per heavy atom. The quantitative estimate of drug-likeness (QED) is 0.856. The van der Waals surface area contributed by atoms with Gasteiger partial charge in [0, 0.05) is 23.2 Å². The van der Waals surface area contributed by atoms with E-state index >= 15 is 0 Å². The molecule has 132 valence electrons. The van der Waals surface area contributed by atoms with E-state index in [0.717, 1.165) is 56.6 Å². The Morgan fingerprint density at radius 2 is 1.77 bits per heavy atom. The number of nitrogens with one attached hydrogen (secondary N) is 1. The Morgan fingerprint density at radius 1 is 1.00 bits per heavy atom. The Labute approximate surface area is 154 Å². The number of hydrogen-bond donors (Lipinski definition) is 1. The van der Waals surface area contributed by atoms with E-state index in [4.69, 9.17) is 0 Å². The van der Waals surface area contributed by atoms with Crippen molar-refractivity contribution < 1.29 is 4.79 Å². The van der Waals surface area contributed by atoms with Gasteiger partial charge >= 0.3 is 0 Å². The van der Waals surface area contributed by atoms with Crippen LogP contribution >= 0.6 is 0 Å². The molecular weight excluding hydrogens is 320 g/mol. The van der Waals surface area contributed by atoms with Crippen molar-refractivity contribution in [1.29, 1.82) is 0 Å². The van der Waals surface area contributed by atoms with Crippen LogP contribution in [0.1, 0.15) is 36.0 Å². The summed E-state index contributed by atoms with van der Waals surface area (Å²) in [5.41, 5.74) is 5.84. The van der Waals surface area contributed by atoms with E-state index in [1.54, 1.807) is 0 Å². The van der Waals surface area contributed by atoms with Crippen LogP contribution in [0.4, 0.5) is 5.69 Å². The van der Waals surface area contributed by atoms with E-state index in [9.17, 15) is 4.79 Å². The summed E-state index contributed by atoms with van der Waals surface area (Å²) in [7, 11) is 0. The molecule has 1 saturated heterocycles. The van der Waals surface area contributed by atoms with Crippen LogP contribution in [0, 0.1) is 0 Å². The van der Waals surface area contributed by atoms with Gasteiger partial charge in [-0.15, -0.1) is 0 Å². The molecule has 26 heavy (non-hydrogen) atoms. The molecule has 0 radical (unpaired) electrons. The van der Waals surface area contributed by atoms with E-state index in [0.29, 0.717) is 0 Å². The Balaban J connectivity index is 1.59. The molecule has 2 heterocycles. The summed E-state index contributed by atoms with van der Waals surface area (Å²) in [6.07, 6.45) is 6.26. The molecule has 0 atom stereocenters. The van der Waals surface area contributed by atoms with Crippen molar-refractivity contribution in [3.63, 3.8) is 0 Å². The maximum Gasteiger partial charge on any atom is 0.255 e. The monoisotopic (exact) mass is 344 g/mol. The van der Waals surface area contributed by atoms with E-state index in [2.05, 4.69) is 53.9 Å². The van der Waals surface area contributed by atoms with Crippen molar-refractivity contribution in [3.05, 3.63) is 70.8 Å². The molecule has 1 N–H and O–H groups in total. The SMILES string of the molecule is O=C(C1=Cc2ccccc2C12CCNCC2)N1CCCc2ccccc21. The molecule has 0 aromatic heterocycles. The number of fused-ring (bicyclic) bond motifs is 3. The number of amides is 1. The van der Waals surface area contributed by atoms with Crippen molar-refractivity contribution in [2.75, 3.05) is 24.5 Å². The average Bonchev–Trinajstić information content (AvgIpc) is 3.01. The third kappa shape index (κ3) is 2.27. The third-order valence-electron chi connectivity index (χ3n) is 6.33. The number of piperidine rings is 1. The van der Waals surface area contributed by atoms with Crippen molar-refractivity contribution in [2.24, 2.45) is 0 Å². The number of hydrogen-bond acceptors (Lipinski definition) is 2. The first-order valence-corrected chi connectivity index (χ1v) is 9.72. The van der Waals surface area contributed by atoms with Gasteiger partial charge in [-0.1, -0.05) is 42.5 Å². The molecule has 0 unspecified atom stereocenters. The molecule has 3 nitrogen and oxygen atoms in total. The highest BCUT2D eigenvalue weighted by Crippen LogP contribution is 2.48. The molecule has 3 heteroatoms. The Kier molecular flexibility index (Phi) is 3.71. The smallest absolute Gasteiger partial charge is 0.255 e. The number of rotatable bonds is 1. The molecular formula is C23H24N2O. The van der Waals surface area contributed by atoms with E-state index in [1.165, 1.54) is 16.7 Å². The number of benzene rings is 2. The maximum absolute atomic E-state index is 13.7. The standard InChI is InChI=1S/C23H24N2O/c26-22(25-15-5-8-17-6-2-4-10-21(17)25)20-16-18-7-1-3-9-19(18)23(20)11-13-24-14-12-23/h1-4,6-7,9-10,16,24H,5,8,11-15H2. The molecule has 1 amide bonds. The zero-order chi connectivity index (χ0) is 17.6. The number of aryl methyl sites for hydroxylation is 1. The van der Waals surface area contributed by atoms with Gasteiger partial charge < -0.3 is 10.2 Å². The van der Waals surface area contributed by atoms with E-state index in [1.807, 2.05) is 11.0 Å². The van der Waals surface area contributed by atoms with Crippen LogP contribution in [0.3, 0.4) is 0 Å². The van der Waals surface area contributed by atoms with Gasteiger partial charge in [-0.05, 0) is 67.6 Å². The fourth-order valence-electron chi connectivity index (χ4n) is 5.05. The van der Waals surface area contributed by atoms with Gasteiger partial charge in [-0.25, -0.2) is 0 Å². The van der Waals surface area contributed by atoms with Crippen molar-refractivity contribution in [2.45, 2.75) is 31.1 Å².